The second kappa shape index (κ2) is 6.60. The second-order valence-electron chi connectivity index (χ2n) is 5.77. The number of carboxylic acid groups (broad SMARTS) is 1. The minimum absolute atomic E-state index is 0.0482. The zero-order valence-corrected chi connectivity index (χ0v) is 12.5. The Morgan fingerprint density at radius 2 is 1.83 bits per heavy atom. The van der Waals surface area contributed by atoms with Crippen LogP contribution in [0.25, 0.3) is 11.4 Å². The highest BCUT2D eigenvalue weighted by Gasteiger charge is 2.26. The van der Waals surface area contributed by atoms with Gasteiger partial charge >= 0.3 is 5.97 Å². The van der Waals surface area contributed by atoms with E-state index < -0.39 is 5.97 Å². The van der Waals surface area contributed by atoms with Gasteiger partial charge in [-0.15, -0.1) is 0 Å². The number of hydrogen-bond donors (Lipinski definition) is 3. The van der Waals surface area contributed by atoms with E-state index in [2.05, 4.69) is 20.5 Å². The smallest absolute Gasteiger partial charge is 0.306 e. The van der Waals surface area contributed by atoms with Crippen LogP contribution in [0.1, 0.15) is 36.0 Å². The first-order chi connectivity index (χ1) is 11.1. The molecular formula is C16H18N4O3. The van der Waals surface area contributed by atoms with E-state index in [0.29, 0.717) is 37.1 Å². The zero-order chi connectivity index (χ0) is 16.2. The van der Waals surface area contributed by atoms with E-state index in [0.717, 1.165) is 5.56 Å². The maximum atomic E-state index is 12.3. The fourth-order valence-corrected chi connectivity index (χ4v) is 2.88. The highest BCUT2D eigenvalue weighted by molar-refractivity contribution is 5.94. The Hall–Kier alpha value is -2.70. The summed E-state index contributed by atoms with van der Waals surface area (Å²) in [5, 5.41) is 18.5. The molecule has 0 spiro atoms. The summed E-state index contributed by atoms with van der Waals surface area (Å²) < 4.78 is 0. The lowest BCUT2D eigenvalue weighted by atomic mass is 9.86. The fourth-order valence-electron chi connectivity index (χ4n) is 2.88. The average Bonchev–Trinajstić information content (AvgIpc) is 3.10. The van der Waals surface area contributed by atoms with Gasteiger partial charge in [0, 0.05) is 17.2 Å². The molecule has 0 bridgehead atoms. The zero-order valence-electron chi connectivity index (χ0n) is 12.5. The number of carbonyl (C=O) groups excluding carboxylic acids is 1. The van der Waals surface area contributed by atoms with Gasteiger partial charge in [0.1, 0.15) is 6.33 Å². The van der Waals surface area contributed by atoms with E-state index in [9.17, 15) is 9.59 Å². The van der Waals surface area contributed by atoms with Gasteiger partial charge in [-0.3, -0.25) is 14.7 Å². The quantitative estimate of drug-likeness (QED) is 0.798. The Kier molecular flexibility index (Phi) is 4.36. The monoisotopic (exact) mass is 314 g/mol. The molecule has 1 heterocycles. The number of benzene rings is 1. The fraction of sp³-hybridized carbons (Fsp3) is 0.375. The molecule has 0 saturated heterocycles. The summed E-state index contributed by atoms with van der Waals surface area (Å²) in [5.74, 6) is -0.487. The lowest BCUT2D eigenvalue weighted by Gasteiger charge is -2.26. The van der Waals surface area contributed by atoms with E-state index in [1.165, 1.54) is 6.33 Å². The molecule has 0 radical (unpaired) electrons. The van der Waals surface area contributed by atoms with E-state index in [4.69, 9.17) is 5.11 Å². The van der Waals surface area contributed by atoms with Crippen molar-refractivity contribution in [2.24, 2.45) is 5.92 Å². The standard InChI is InChI=1S/C16H18N4O3/c21-15(19-13-7-5-12(6-8-13)16(22)23)11-3-1-10(2-4-11)14-17-9-18-20-14/h1-4,9,12-13H,5-8H2,(H,19,21)(H,22,23)(H,17,18,20). The number of hydrogen-bond acceptors (Lipinski definition) is 4. The van der Waals surface area contributed by atoms with Crippen molar-refractivity contribution in [3.8, 4) is 11.4 Å². The van der Waals surface area contributed by atoms with Crippen LogP contribution in [-0.2, 0) is 4.79 Å². The lowest BCUT2D eigenvalue weighted by Crippen LogP contribution is -2.38. The predicted molar refractivity (Wildman–Crippen MR) is 82.7 cm³/mol. The highest BCUT2D eigenvalue weighted by Crippen LogP contribution is 2.24. The van der Waals surface area contributed by atoms with Crippen LogP contribution in [0.3, 0.4) is 0 Å². The lowest BCUT2D eigenvalue weighted by molar-refractivity contribution is -0.142. The van der Waals surface area contributed by atoms with Crippen LogP contribution in [-0.4, -0.2) is 38.2 Å². The summed E-state index contributed by atoms with van der Waals surface area (Å²) >= 11 is 0. The van der Waals surface area contributed by atoms with Crippen molar-refractivity contribution in [2.45, 2.75) is 31.7 Å². The van der Waals surface area contributed by atoms with Crippen LogP contribution in [0.5, 0.6) is 0 Å². The Bertz CT molecular complexity index is 674. The summed E-state index contributed by atoms with van der Waals surface area (Å²) in [6.45, 7) is 0. The molecule has 23 heavy (non-hydrogen) atoms. The van der Waals surface area contributed by atoms with E-state index >= 15 is 0 Å². The largest absolute Gasteiger partial charge is 0.481 e. The topological polar surface area (TPSA) is 108 Å². The van der Waals surface area contributed by atoms with Crippen molar-refractivity contribution in [3.05, 3.63) is 36.2 Å². The van der Waals surface area contributed by atoms with Gasteiger partial charge in [-0.2, -0.15) is 5.10 Å². The summed E-state index contributed by atoms with van der Waals surface area (Å²) in [6.07, 6.45) is 4.08. The molecule has 1 aliphatic rings. The van der Waals surface area contributed by atoms with Gasteiger partial charge < -0.3 is 10.4 Å². The SMILES string of the molecule is O=C(NC1CCC(C(=O)O)CC1)c1ccc(-c2ncn[nH]2)cc1. The molecule has 120 valence electrons. The molecular weight excluding hydrogens is 296 g/mol. The van der Waals surface area contributed by atoms with Crippen LogP contribution in [0.2, 0.25) is 0 Å². The molecule has 7 nitrogen and oxygen atoms in total. The van der Waals surface area contributed by atoms with Crippen LogP contribution in [0, 0.1) is 5.92 Å². The number of H-pyrrole nitrogens is 1. The predicted octanol–water partition coefficient (Wildman–Crippen LogP) is 1.84. The first-order valence-corrected chi connectivity index (χ1v) is 7.63. The molecule has 3 N–H and O–H groups in total. The van der Waals surface area contributed by atoms with Crippen LogP contribution in [0.15, 0.2) is 30.6 Å². The Morgan fingerprint density at radius 1 is 1.13 bits per heavy atom. The maximum absolute atomic E-state index is 12.3. The first kappa shape index (κ1) is 15.2. The number of nitrogens with one attached hydrogen (secondary N) is 2. The van der Waals surface area contributed by atoms with Gasteiger partial charge in [0.15, 0.2) is 5.82 Å². The molecule has 1 aromatic carbocycles. The number of carboxylic acids is 1. The third kappa shape index (κ3) is 3.56. The summed E-state index contributed by atoms with van der Waals surface area (Å²) in [5.41, 5.74) is 1.44. The molecule has 1 aliphatic carbocycles. The van der Waals surface area contributed by atoms with Gasteiger partial charge in [-0.25, -0.2) is 4.98 Å². The normalized spacial score (nSPS) is 20.9. The van der Waals surface area contributed by atoms with Crippen LogP contribution in [0.4, 0.5) is 0 Å². The van der Waals surface area contributed by atoms with Crippen molar-refractivity contribution in [1.29, 1.82) is 0 Å². The molecule has 1 fully saturated rings. The third-order valence-corrected chi connectivity index (χ3v) is 4.25. The molecule has 0 aliphatic heterocycles. The molecule has 1 saturated carbocycles. The van der Waals surface area contributed by atoms with Gasteiger partial charge in [-0.1, -0.05) is 12.1 Å². The number of aliphatic carboxylic acids is 1. The van der Waals surface area contributed by atoms with Crippen molar-refractivity contribution >= 4 is 11.9 Å². The summed E-state index contributed by atoms with van der Waals surface area (Å²) in [4.78, 5) is 27.3. The Labute approximate surface area is 133 Å². The minimum Gasteiger partial charge on any atom is -0.481 e. The van der Waals surface area contributed by atoms with Crippen molar-refractivity contribution < 1.29 is 14.7 Å². The van der Waals surface area contributed by atoms with E-state index in [-0.39, 0.29) is 17.9 Å². The molecule has 0 atom stereocenters. The van der Waals surface area contributed by atoms with Crippen molar-refractivity contribution in [3.63, 3.8) is 0 Å². The van der Waals surface area contributed by atoms with E-state index in [1.807, 2.05) is 12.1 Å². The Morgan fingerprint density at radius 3 is 2.39 bits per heavy atom. The second-order valence-corrected chi connectivity index (χ2v) is 5.77. The molecule has 7 heteroatoms. The number of aromatic amines is 1. The van der Waals surface area contributed by atoms with Gasteiger partial charge in [0.05, 0.1) is 5.92 Å². The maximum Gasteiger partial charge on any atom is 0.306 e. The van der Waals surface area contributed by atoms with E-state index in [1.54, 1.807) is 12.1 Å². The highest BCUT2D eigenvalue weighted by atomic mass is 16.4. The van der Waals surface area contributed by atoms with Crippen molar-refractivity contribution in [2.75, 3.05) is 0 Å². The molecule has 1 amide bonds. The molecule has 2 aromatic rings. The average molecular weight is 314 g/mol. The molecule has 1 aromatic heterocycles. The van der Waals surface area contributed by atoms with Crippen molar-refractivity contribution in [1.82, 2.24) is 20.5 Å². The first-order valence-electron chi connectivity index (χ1n) is 7.63. The summed E-state index contributed by atoms with van der Waals surface area (Å²) in [7, 11) is 0. The van der Waals surface area contributed by atoms with Crippen LogP contribution < -0.4 is 5.32 Å². The summed E-state index contributed by atoms with van der Waals surface area (Å²) in [6, 6.07) is 7.17. The van der Waals surface area contributed by atoms with Crippen LogP contribution >= 0.6 is 0 Å². The minimum atomic E-state index is -0.738. The van der Waals surface area contributed by atoms with Gasteiger partial charge in [0.25, 0.3) is 5.91 Å². The number of nitrogens with zero attached hydrogens (tertiary/aromatic N) is 2. The van der Waals surface area contributed by atoms with Gasteiger partial charge in [-0.05, 0) is 37.8 Å². The molecule has 3 rings (SSSR count). The number of carbonyl (C=O) groups is 2. The van der Waals surface area contributed by atoms with Gasteiger partial charge in [0.2, 0.25) is 0 Å². The number of amides is 1. The number of aromatic nitrogens is 3. The number of rotatable bonds is 4. The molecule has 0 unspecified atom stereocenters. The Balaban J connectivity index is 1.57. The third-order valence-electron chi connectivity index (χ3n) is 4.25.